The van der Waals surface area contributed by atoms with Crippen molar-refractivity contribution in [1.29, 1.82) is 0 Å². The van der Waals surface area contributed by atoms with E-state index < -0.39 is 0 Å². The van der Waals surface area contributed by atoms with E-state index in [-0.39, 0.29) is 5.91 Å². The van der Waals surface area contributed by atoms with E-state index in [2.05, 4.69) is 39.2 Å². The van der Waals surface area contributed by atoms with Crippen LogP contribution < -0.4 is 10.1 Å². The molecule has 1 amide bonds. The van der Waals surface area contributed by atoms with Gasteiger partial charge in [-0.25, -0.2) is 4.98 Å². The van der Waals surface area contributed by atoms with Gasteiger partial charge in [-0.3, -0.25) is 4.79 Å². The molecule has 0 bridgehead atoms. The van der Waals surface area contributed by atoms with Crippen LogP contribution in [0.25, 0.3) is 22.6 Å². The minimum absolute atomic E-state index is 0.200. The van der Waals surface area contributed by atoms with Crippen LogP contribution in [-0.4, -0.2) is 18.0 Å². The number of hydrogen-bond donors (Lipinski definition) is 1. The standard InChI is InChI=1S/C23H19BrN2O3/c1-3-14-11-19(24)21-20(12-14)26-23(29-21)15-7-9-17(10-8-15)25-22(27)16-5-4-6-18(13-16)28-2/h4-13H,3H2,1-2H3,(H,25,27). The van der Waals surface area contributed by atoms with Crippen LogP contribution in [0.1, 0.15) is 22.8 Å². The Bertz CT molecular complexity index is 1180. The average molecular weight is 451 g/mol. The van der Waals surface area contributed by atoms with Gasteiger partial charge in [0.25, 0.3) is 5.91 Å². The number of oxazole rings is 1. The lowest BCUT2D eigenvalue weighted by Crippen LogP contribution is -2.11. The van der Waals surface area contributed by atoms with Gasteiger partial charge in [-0.15, -0.1) is 0 Å². The average Bonchev–Trinajstić information content (AvgIpc) is 3.19. The number of fused-ring (bicyclic) bond motifs is 1. The molecule has 5 nitrogen and oxygen atoms in total. The first kappa shape index (κ1) is 19.2. The van der Waals surface area contributed by atoms with E-state index in [1.165, 1.54) is 5.56 Å². The van der Waals surface area contributed by atoms with Crippen LogP contribution in [0, 0.1) is 0 Å². The summed E-state index contributed by atoms with van der Waals surface area (Å²) < 4.78 is 12.0. The van der Waals surface area contributed by atoms with E-state index in [0.29, 0.717) is 22.9 Å². The third kappa shape index (κ3) is 4.03. The number of methoxy groups -OCH3 is 1. The number of carbonyl (C=O) groups is 1. The molecule has 0 fully saturated rings. The van der Waals surface area contributed by atoms with E-state index in [4.69, 9.17) is 9.15 Å². The summed E-state index contributed by atoms with van der Waals surface area (Å²) in [5.74, 6) is 0.982. The molecule has 0 unspecified atom stereocenters. The SMILES string of the molecule is CCc1cc(Br)c2oc(-c3ccc(NC(=O)c4cccc(OC)c4)cc3)nc2c1. The number of aromatic nitrogens is 1. The quantitative estimate of drug-likeness (QED) is 0.400. The molecule has 0 atom stereocenters. The van der Waals surface area contributed by atoms with Crippen LogP contribution >= 0.6 is 15.9 Å². The zero-order valence-electron chi connectivity index (χ0n) is 16.0. The van der Waals surface area contributed by atoms with Crippen molar-refractivity contribution in [2.24, 2.45) is 0 Å². The van der Waals surface area contributed by atoms with Crippen LogP contribution in [0.2, 0.25) is 0 Å². The largest absolute Gasteiger partial charge is 0.497 e. The summed E-state index contributed by atoms with van der Waals surface area (Å²) in [4.78, 5) is 17.1. The fourth-order valence-corrected chi connectivity index (χ4v) is 3.62. The second-order valence-corrected chi connectivity index (χ2v) is 7.42. The summed E-state index contributed by atoms with van der Waals surface area (Å²) in [7, 11) is 1.57. The molecule has 4 aromatic rings. The first-order valence-corrected chi connectivity index (χ1v) is 10.0. The predicted octanol–water partition coefficient (Wildman–Crippen LogP) is 6.08. The maximum absolute atomic E-state index is 12.4. The number of nitrogens with zero attached hydrogens (tertiary/aromatic N) is 1. The minimum Gasteiger partial charge on any atom is -0.497 e. The van der Waals surface area contributed by atoms with E-state index in [1.807, 2.05) is 30.3 Å². The molecule has 3 aromatic carbocycles. The number of benzene rings is 3. The maximum Gasteiger partial charge on any atom is 0.255 e. The van der Waals surface area contributed by atoms with E-state index in [0.717, 1.165) is 27.6 Å². The van der Waals surface area contributed by atoms with Crippen LogP contribution in [0.3, 0.4) is 0 Å². The Morgan fingerprint density at radius 1 is 1.14 bits per heavy atom. The molecule has 1 aromatic heterocycles. The topological polar surface area (TPSA) is 64.4 Å². The number of ether oxygens (including phenoxy) is 1. The molecular weight excluding hydrogens is 432 g/mol. The first-order chi connectivity index (χ1) is 14.1. The second-order valence-electron chi connectivity index (χ2n) is 6.56. The lowest BCUT2D eigenvalue weighted by Gasteiger charge is -2.07. The van der Waals surface area contributed by atoms with Gasteiger partial charge >= 0.3 is 0 Å². The highest BCUT2D eigenvalue weighted by atomic mass is 79.9. The van der Waals surface area contributed by atoms with Crippen molar-refractivity contribution in [2.45, 2.75) is 13.3 Å². The highest BCUT2D eigenvalue weighted by Gasteiger charge is 2.13. The summed E-state index contributed by atoms with van der Waals surface area (Å²) in [5.41, 5.74) is 4.80. The minimum atomic E-state index is -0.200. The van der Waals surface area contributed by atoms with Crippen molar-refractivity contribution < 1.29 is 13.9 Å². The van der Waals surface area contributed by atoms with Gasteiger partial charge in [0.05, 0.1) is 11.6 Å². The van der Waals surface area contributed by atoms with Crippen LogP contribution in [0.4, 0.5) is 5.69 Å². The van der Waals surface area contributed by atoms with Gasteiger partial charge in [-0.05, 0) is 82.5 Å². The highest BCUT2D eigenvalue weighted by Crippen LogP contribution is 2.31. The fourth-order valence-electron chi connectivity index (χ4n) is 3.04. The Kier molecular flexibility index (Phi) is 5.36. The van der Waals surface area contributed by atoms with Gasteiger partial charge in [-0.1, -0.05) is 13.0 Å². The first-order valence-electron chi connectivity index (χ1n) is 9.22. The highest BCUT2D eigenvalue weighted by molar-refractivity contribution is 9.10. The zero-order chi connectivity index (χ0) is 20.4. The summed E-state index contributed by atoms with van der Waals surface area (Å²) in [6.07, 6.45) is 0.929. The van der Waals surface area contributed by atoms with Crippen molar-refractivity contribution >= 4 is 38.6 Å². The summed E-state index contributed by atoms with van der Waals surface area (Å²) in [5, 5.41) is 2.89. The normalized spacial score (nSPS) is 10.9. The van der Waals surface area contributed by atoms with Crippen molar-refractivity contribution in [3.63, 3.8) is 0 Å². The molecule has 29 heavy (non-hydrogen) atoms. The van der Waals surface area contributed by atoms with E-state index in [1.54, 1.807) is 31.4 Å². The number of rotatable bonds is 5. The lowest BCUT2D eigenvalue weighted by molar-refractivity contribution is 0.102. The lowest BCUT2D eigenvalue weighted by atomic mass is 10.1. The maximum atomic E-state index is 12.4. The Labute approximate surface area is 176 Å². The van der Waals surface area contributed by atoms with E-state index >= 15 is 0 Å². The smallest absolute Gasteiger partial charge is 0.255 e. The number of aryl methyl sites for hydroxylation is 1. The van der Waals surface area contributed by atoms with Gasteiger partial charge < -0.3 is 14.5 Å². The van der Waals surface area contributed by atoms with Gasteiger partial charge in [0.15, 0.2) is 5.58 Å². The predicted molar refractivity (Wildman–Crippen MR) is 117 cm³/mol. The van der Waals surface area contributed by atoms with Gasteiger partial charge in [0.2, 0.25) is 5.89 Å². The fraction of sp³-hybridized carbons (Fsp3) is 0.130. The molecule has 6 heteroatoms. The Hall–Kier alpha value is -3.12. The molecule has 0 spiro atoms. The molecule has 1 heterocycles. The van der Waals surface area contributed by atoms with Gasteiger partial charge in [0, 0.05) is 16.8 Å². The molecule has 0 aliphatic carbocycles. The van der Waals surface area contributed by atoms with Gasteiger partial charge in [0.1, 0.15) is 11.3 Å². The molecule has 0 aliphatic heterocycles. The number of amides is 1. The van der Waals surface area contributed by atoms with Crippen molar-refractivity contribution in [3.05, 3.63) is 76.3 Å². The Morgan fingerprint density at radius 2 is 1.93 bits per heavy atom. The Balaban J connectivity index is 1.55. The van der Waals surface area contributed by atoms with Crippen LogP contribution in [0.5, 0.6) is 5.75 Å². The molecule has 0 aliphatic rings. The van der Waals surface area contributed by atoms with Gasteiger partial charge in [-0.2, -0.15) is 0 Å². The number of anilines is 1. The number of carbonyl (C=O) groups excluding carboxylic acids is 1. The number of hydrogen-bond acceptors (Lipinski definition) is 4. The van der Waals surface area contributed by atoms with Crippen molar-refractivity contribution in [3.8, 4) is 17.2 Å². The third-order valence-electron chi connectivity index (χ3n) is 4.63. The molecule has 1 N–H and O–H groups in total. The second kappa shape index (κ2) is 8.09. The zero-order valence-corrected chi connectivity index (χ0v) is 17.6. The molecule has 0 saturated carbocycles. The number of nitrogens with one attached hydrogen (secondary N) is 1. The molecule has 0 saturated heterocycles. The Morgan fingerprint density at radius 3 is 2.66 bits per heavy atom. The van der Waals surface area contributed by atoms with Crippen LogP contribution in [0.15, 0.2) is 69.6 Å². The number of halogens is 1. The summed E-state index contributed by atoms with van der Waals surface area (Å²) in [6.45, 7) is 2.10. The molecule has 0 radical (unpaired) electrons. The monoisotopic (exact) mass is 450 g/mol. The molecule has 4 rings (SSSR count). The molecule has 146 valence electrons. The van der Waals surface area contributed by atoms with Crippen molar-refractivity contribution in [2.75, 3.05) is 12.4 Å². The third-order valence-corrected chi connectivity index (χ3v) is 5.22. The van der Waals surface area contributed by atoms with E-state index in [9.17, 15) is 4.79 Å². The summed E-state index contributed by atoms with van der Waals surface area (Å²) in [6, 6.07) is 18.5. The van der Waals surface area contributed by atoms with Crippen molar-refractivity contribution in [1.82, 2.24) is 4.98 Å². The summed E-state index contributed by atoms with van der Waals surface area (Å²) >= 11 is 3.56. The van der Waals surface area contributed by atoms with Crippen LogP contribution in [-0.2, 0) is 6.42 Å². The molecular formula is C23H19BrN2O3.